The van der Waals surface area contributed by atoms with Crippen LogP contribution in [0.2, 0.25) is 0 Å². The molecule has 1 rings (SSSR count). The third-order valence-electron chi connectivity index (χ3n) is 2.46. The number of rotatable bonds is 2. The maximum atomic E-state index is 7.33. The summed E-state index contributed by atoms with van der Waals surface area (Å²) < 4.78 is 3.82. The van der Waals surface area contributed by atoms with Gasteiger partial charge in [-0.3, -0.25) is 4.62 Å². The Balaban J connectivity index is 3.31. The third kappa shape index (κ3) is 2.58. The largest absolute Gasteiger partial charge is 0.306 e. The van der Waals surface area contributed by atoms with E-state index in [1.165, 1.54) is 22.0 Å². The number of aryl methyl sites for hydroxylation is 3. The van der Waals surface area contributed by atoms with Crippen molar-refractivity contribution in [2.45, 2.75) is 40.3 Å². The molecule has 0 heterocycles. The van der Waals surface area contributed by atoms with E-state index in [0.717, 1.165) is 0 Å². The van der Waals surface area contributed by atoms with Crippen LogP contribution in [-0.2, 0) is 0 Å². The van der Waals surface area contributed by atoms with E-state index < -0.39 is 8.07 Å². The molecule has 0 saturated carbocycles. The first-order chi connectivity index (χ1) is 6.97. The molecule has 1 nitrogen and oxygen atoms in total. The van der Waals surface area contributed by atoms with E-state index in [1.54, 1.807) is 0 Å². The van der Waals surface area contributed by atoms with Gasteiger partial charge in [-0.1, -0.05) is 31.5 Å². The summed E-state index contributed by atoms with van der Waals surface area (Å²) in [6.07, 6.45) is 0. The highest BCUT2D eigenvalue weighted by Gasteiger charge is 2.26. The van der Waals surface area contributed by atoms with Crippen LogP contribution >= 0.6 is 8.07 Å². The molecule has 0 N–H and O–H groups in total. The smallest absolute Gasteiger partial charge is 0.298 e. The zero-order valence-electron chi connectivity index (χ0n) is 10.1. The van der Waals surface area contributed by atoms with Crippen molar-refractivity contribution in [2.75, 3.05) is 0 Å². The molecule has 1 atom stereocenters. The molecule has 0 aliphatic heterocycles. The topological polar surface area (TPSA) is 4.36 Å². The lowest BCUT2D eigenvalue weighted by Crippen LogP contribution is -2.13. The summed E-state index contributed by atoms with van der Waals surface area (Å²) in [6, 6.07) is 4.37. The fourth-order valence-corrected chi connectivity index (χ4v) is 3.66. The van der Waals surface area contributed by atoms with Crippen molar-refractivity contribution in [3.05, 3.63) is 40.0 Å². The first-order valence-electron chi connectivity index (χ1n) is 5.21. The minimum absolute atomic E-state index is 0.442. The van der Waals surface area contributed by atoms with Crippen LogP contribution in [-0.4, -0.2) is 5.66 Å². The summed E-state index contributed by atoms with van der Waals surface area (Å²) >= 11 is 0. The first kappa shape index (κ1) is 12.2. The van der Waals surface area contributed by atoms with Crippen molar-refractivity contribution in [3.8, 4) is 0 Å². The van der Waals surface area contributed by atoms with Gasteiger partial charge < -0.3 is 0 Å². The monoisotopic (exact) mass is 219 g/mol. The molecule has 1 unspecified atom stereocenters. The molecule has 0 aliphatic carbocycles. The van der Waals surface area contributed by atoms with Gasteiger partial charge in [-0.15, -0.1) is 0 Å². The number of nitrogens with zero attached hydrogens (tertiary/aromatic N) is 1. The van der Waals surface area contributed by atoms with Crippen LogP contribution in [0.5, 0.6) is 0 Å². The normalized spacial score (nSPS) is 12.6. The second-order valence-electron chi connectivity index (χ2n) is 4.29. The van der Waals surface area contributed by atoms with Gasteiger partial charge in [0.2, 0.25) is 0 Å². The highest BCUT2D eigenvalue weighted by atomic mass is 31.1. The van der Waals surface area contributed by atoms with Gasteiger partial charge in [0.25, 0.3) is 0 Å². The van der Waals surface area contributed by atoms with E-state index in [1.807, 2.05) is 0 Å². The van der Waals surface area contributed by atoms with Crippen molar-refractivity contribution in [3.63, 3.8) is 0 Å². The summed E-state index contributed by atoms with van der Waals surface area (Å²) in [6.45, 7) is 18.0. The summed E-state index contributed by atoms with van der Waals surface area (Å²) in [5.41, 5.74) is 4.29. The predicted octanol–water partition coefficient (Wildman–Crippen LogP) is 3.96. The van der Waals surface area contributed by atoms with Crippen molar-refractivity contribution in [1.29, 1.82) is 0 Å². The lowest BCUT2D eigenvalue weighted by Gasteiger charge is -2.13. The zero-order valence-corrected chi connectivity index (χ0v) is 11.0. The fourth-order valence-electron chi connectivity index (χ4n) is 1.96. The molecule has 0 aliphatic rings. The van der Waals surface area contributed by atoms with E-state index >= 15 is 0 Å². The third-order valence-corrected chi connectivity index (χ3v) is 4.82. The Morgan fingerprint density at radius 1 is 1.13 bits per heavy atom. The average Bonchev–Trinajstić information content (AvgIpc) is 2.09. The van der Waals surface area contributed by atoms with Crippen LogP contribution in [0.4, 0.5) is 0 Å². The quantitative estimate of drug-likeness (QED) is 0.524. The van der Waals surface area contributed by atoms with Crippen LogP contribution in [0.25, 0.3) is 4.62 Å². The van der Waals surface area contributed by atoms with E-state index in [0.29, 0.717) is 5.66 Å². The number of hydrogen-bond acceptors (Lipinski definition) is 0. The second-order valence-corrected chi connectivity index (χ2v) is 6.65. The van der Waals surface area contributed by atoms with Gasteiger partial charge in [-0.05, 0) is 31.9 Å². The van der Waals surface area contributed by atoms with Gasteiger partial charge in [-0.2, -0.15) is 0 Å². The SMILES string of the molecule is [C-]#[N+]P(c1c(C)cc(C)cc1C)C(C)C. The van der Waals surface area contributed by atoms with Crippen LogP contribution in [0, 0.1) is 27.3 Å². The molecular weight excluding hydrogens is 201 g/mol. The molecule has 0 spiro atoms. The number of benzene rings is 1. The standard InChI is InChI=1S/C13H18NP/c1-9(2)15(14-6)13-11(4)7-10(3)8-12(13)5/h7-9H,1-5H3. The fraction of sp³-hybridized carbons (Fsp3) is 0.462. The summed E-state index contributed by atoms with van der Waals surface area (Å²) in [5.74, 6) is 0. The van der Waals surface area contributed by atoms with Crippen LogP contribution in [0.1, 0.15) is 30.5 Å². The van der Waals surface area contributed by atoms with Crippen LogP contribution < -0.4 is 5.30 Å². The zero-order chi connectivity index (χ0) is 11.6. The highest BCUT2D eigenvalue weighted by Crippen LogP contribution is 2.43. The van der Waals surface area contributed by atoms with Crippen molar-refractivity contribution in [1.82, 2.24) is 0 Å². The minimum Gasteiger partial charge on any atom is -0.298 e. The van der Waals surface area contributed by atoms with Gasteiger partial charge >= 0.3 is 8.07 Å². The van der Waals surface area contributed by atoms with Gasteiger partial charge in [0.15, 0.2) is 0 Å². The Morgan fingerprint density at radius 2 is 1.60 bits per heavy atom. The summed E-state index contributed by atoms with van der Waals surface area (Å²) in [7, 11) is -0.675. The Labute approximate surface area is 94.1 Å². The molecule has 1 aromatic carbocycles. The van der Waals surface area contributed by atoms with Gasteiger partial charge in [-0.25, -0.2) is 6.57 Å². The first-order valence-corrected chi connectivity index (χ1v) is 6.58. The van der Waals surface area contributed by atoms with E-state index in [-0.39, 0.29) is 0 Å². The maximum absolute atomic E-state index is 7.33. The molecule has 1 aromatic rings. The molecule has 2 heteroatoms. The molecule has 0 bridgehead atoms. The minimum atomic E-state index is -0.675. The van der Waals surface area contributed by atoms with E-state index in [9.17, 15) is 0 Å². The Hall–Kier alpha value is -0.860. The van der Waals surface area contributed by atoms with Crippen LogP contribution in [0.3, 0.4) is 0 Å². The molecule has 0 aromatic heterocycles. The Morgan fingerprint density at radius 3 is 1.93 bits per heavy atom. The maximum Gasteiger partial charge on any atom is 0.306 e. The molecule has 0 amide bonds. The predicted molar refractivity (Wildman–Crippen MR) is 68.9 cm³/mol. The Kier molecular flexibility index (Phi) is 3.89. The van der Waals surface area contributed by atoms with Crippen molar-refractivity contribution >= 4 is 13.4 Å². The van der Waals surface area contributed by atoms with E-state index in [2.05, 4.69) is 51.4 Å². The van der Waals surface area contributed by atoms with Crippen molar-refractivity contribution < 1.29 is 0 Å². The molecule has 80 valence electrons. The summed E-state index contributed by atoms with van der Waals surface area (Å²) in [5, 5.41) is 1.29. The molecule has 0 radical (unpaired) electrons. The Bertz CT molecular complexity index is 378. The van der Waals surface area contributed by atoms with Gasteiger partial charge in [0, 0.05) is 0 Å². The van der Waals surface area contributed by atoms with Crippen LogP contribution in [0.15, 0.2) is 12.1 Å². The lowest BCUT2D eigenvalue weighted by molar-refractivity contribution is 1.10. The average molecular weight is 219 g/mol. The van der Waals surface area contributed by atoms with Gasteiger partial charge in [0.1, 0.15) is 0 Å². The summed E-state index contributed by atoms with van der Waals surface area (Å²) in [4.78, 5) is 0. The molecular formula is C13H18NP. The highest BCUT2D eigenvalue weighted by molar-refractivity contribution is 7.68. The van der Waals surface area contributed by atoms with Crippen molar-refractivity contribution in [2.24, 2.45) is 0 Å². The molecule has 0 fully saturated rings. The number of hydrogen-bond donors (Lipinski definition) is 0. The second kappa shape index (κ2) is 4.77. The molecule has 15 heavy (non-hydrogen) atoms. The van der Waals surface area contributed by atoms with E-state index in [4.69, 9.17) is 6.57 Å². The lowest BCUT2D eigenvalue weighted by atomic mass is 10.1. The molecule has 0 saturated heterocycles. The van der Waals surface area contributed by atoms with Gasteiger partial charge in [0.05, 0.1) is 11.0 Å².